The first kappa shape index (κ1) is 23.3. The summed E-state index contributed by atoms with van der Waals surface area (Å²) >= 11 is 7.94. The van der Waals surface area contributed by atoms with Gasteiger partial charge in [0, 0.05) is 47.7 Å². The predicted molar refractivity (Wildman–Crippen MR) is 147 cm³/mol. The molecule has 0 saturated carbocycles. The van der Waals surface area contributed by atoms with Crippen molar-refractivity contribution in [2.45, 2.75) is 42.8 Å². The number of pyridine rings is 2. The van der Waals surface area contributed by atoms with Crippen LogP contribution in [0.2, 0.25) is 5.15 Å². The summed E-state index contributed by atoms with van der Waals surface area (Å²) in [6.45, 7) is 4.51. The number of aliphatic imine (C=N–C) groups is 1. The van der Waals surface area contributed by atoms with E-state index in [4.69, 9.17) is 21.6 Å². The van der Waals surface area contributed by atoms with Crippen LogP contribution in [0.5, 0.6) is 0 Å². The molecule has 3 aliphatic heterocycles. The third-order valence-corrected chi connectivity index (χ3v) is 9.05. The molecule has 0 bridgehead atoms. The number of hydrogen-bond donors (Lipinski definition) is 0. The first-order valence-corrected chi connectivity index (χ1v) is 13.7. The summed E-state index contributed by atoms with van der Waals surface area (Å²) in [5.74, 6) is -0.225. The van der Waals surface area contributed by atoms with Crippen LogP contribution in [0.3, 0.4) is 0 Å². The first-order valence-electron chi connectivity index (χ1n) is 12.6. The Morgan fingerprint density at radius 1 is 1.00 bits per heavy atom. The highest BCUT2D eigenvalue weighted by atomic mass is 35.5. The zero-order chi connectivity index (χ0) is 25.0. The topological polar surface area (TPSA) is 44.6 Å². The van der Waals surface area contributed by atoms with Gasteiger partial charge in [-0.15, -0.1) is 0 Å². The molecule has 8 heteroatoms. The Kier molecular flexibility index (Phi) is 5.77. The second-order valence-electron chi connectivity index (χ2n) is 10.1. The number of aromatic nitrogens is 2. The summed E-state index contributed by atoms with van der Waals surface area (Å²) in [6.07, 6.45) is 6.08. The van der Waals surface area contributed by atoms with Gasteiger partial charge in [0.05, 0.1) is 16.9 Å². The summed E-state index contributed by atoms with van der Waals surface area (Å²) < 4.78 is 15.9. The molecule has 1 spiro atoms. The minimum Gasteiger partial charge on any atom is -0.297 e. The summed E-state index contributed by atoms with van der Waals surface area (Å²) in [4.78, 5) is 17.6. The summed E-state index contributed by atoms with van der Waals surface area (Å²) in [6, 6.07) is 17.2. The van der Waals surface area contributed by atoms with E-state index in [9.17, 15) is 4.39 Å². The molecule has 1 saturated heterocycles. The fourth-order valence-electron chi connectivity index (χ4n) is 5.91. The number of nitrogens with zero attached hydrogens (tertiary/aromatic N) is 5. The van der Waals surface area contributed by atoms with Gasteiger partial charge in [0.2, 0.25) is 0 Å². The summed E-state index contributed by atoms with van der Waals surface area (Å²) in [5.41, 5.74) is 7.03. The summed E-state index contributed by atoms with van der Waals surface area (Å²) in [7, 11) is 0. The molecule has 1 fully saturated rings. The van der Waals surface area contributed by atoms with Gasteiger partial charge >= 0.3 is 0 Å². The van der Waals surface area contributed by atoms with Crippen molar-refractivity contribution in [1.29, 1.82) is 0 Å². The van der Waals surface area contributed by atoms with Gasteiger partial charge in [0.25, 0.3) is 0 Å². The van der Waals surface area contributed by atoms with E-state index in [1.54, 1.807) is 12.3 Å². The normalized spacial score (nSPS) is 18.5. The molecule has 5 heterocycles. The largest absolute Gasteiger partial charge is 0.297 e. The van der Waals surface area contributed by atoms with Crippen molar-refractivity contribution in [2.75, 3.05) is 13.1 Å². The molecule has 0 radical (unpaired) electrons. The van der Waals surface area contributed by atoms with Gasteiger partial charge in [-0.1, -0.05) is 17.7 Å². The highest BCUT2D eigenvalue weighted by Gasteiger charge is 2.43. The Labute approximate surface area is 224 Å². The number of hydrogen-bond acceptors (Lipinski definition) is 6. The quantitative estimate of drug-likeness (QED) is 0.217. The van der Waals surface area contributed by atoms with Crippen LogP contribution in [-0.4, -0.2) is 38.5 Å². The third kappa shape index (κ3) is 4.34. The molecule has 4 aromatic rings. The van der Waals surface area contributed by atoms with E-state index in [2.05, 4.69) is 32.5 Å². The fraction of sp³-hybridized carbons (Fsp3) is 0.276. The van der Waals surface area contributed by atoms with Crippen LogP contribution >= 0.6 is 23.5 Å². The number of benzene rings is 2. The Balaban J connectivity index is 1.07. The van der Waals surface area contributed by atoms with Gasteiger partial charge in [-0.05, 0) is 103 Å². The molecule has 0 unspecified atom stereocenters. The lowest BCUT2D eigenvalue weighted by Crippen LogP contribution is -2.42. The molecule has 186 valence electrons. The molecular formula is C29H25ClFN5S. The minimum absolute atomic E-state index is 0.00205. The molecule has 7 rings (SSSR count). The van der Waals surface area contributed by atoms with Gasteiger partial charge in [0.1, 0.15) is 11.0 Å². The molecular weight excluding hydrogens is 505 g/mol. The van der Waals surface area contributed by atoms with Crippen LogP contribution < -0.4 is 0 Å². The molecule has 5 nitrogen and oxygen atoms in total. The van der Waals surface area contributed by atoms with Crippen molar-refractivity contribution in [2.24, 2.45) is 4.99 Å². The molecule has 2 aromatic carbocycles. The monoisotopic (exact) mass is 529 g/mol. The van der Waals surface area contributed by atoms with Crippen molar-refractivity contribution in [3.05, 3.63) is 94.1 Å². The smallest absolute Gasteiger partial charge is 0.129 e. The molecule has 3 aliphatic rings. The van der Waals surface area contributed by atoms with Crippen molar-refractivity contribution in [3.8, 4) is 0 Å². The Morgan fingerprint density at radius 3 is 2.76 bits per heavy atom. The predicted octanol–water partition coefficient (Wildman–Crippen LogP) is 6.69. The maximum absolute atomic E-state index is 13.5. The first-order chi connectivity index (χ1) is 18.0. The van der Waals surface area contributed by atoms with Crippen molar-refractivity contribution in [1.82, 2.24) is 19.2 Å². The Hall–Kier alpha value is -2.84. The van der Waals surface area contributed by atoms with Gasteiger partial charge in [0.15, 0.2) is 0 Å². The maximum Gasteiger partial charge on any atom is 0.129 e. The lowest BCUT2D eigenvalue weighted by atomic mass is 9.72. The van der Waals surface area contributed by atoms with Crippen LogP contribution in [0, 0.1) is 5.82 Å². The number of piperidine rings is 1. The van der Waals surface area contributed by atoms with E-state index in [-0.39, 0.29) is 11.2 Å². The van der Waals surface area contributed by atoms with E-state index < -0.39 is 0 Å². The molecule has 37 heavy (non-hydrogen) atoms. The van der Waals surface area contributed by atoms with Crippen molar-refractivity contribution in [3.63, 3.8) is 0 Å². The van der Waals surface area contributed by atoms with Crippen LogP contribution in [-0.2, 0) is 25.0 Å². The second-order valence-corrected chi connectivity index (χ2v) is 11.7. The van der Waals surface area contributed by atoms with Crippen LogP contribution in [0.4, 0.5) is 10.1 Å². The van der Waals surface area contributed by atoms with Gasteiger partial charge in [-0.3, -0.25) is 14.9 Å². The standard InChI is InChI=1S/C29H25ClFN5S/c30-27-13-19(7-10-32-27)15-36-17-23-26(37-36)6-5-25-28(23)29(18-33-25)8-11-35(12-9-29)16-22-3-1-20-14-21(31)2-4-24(20)34-22/h1-7,10,13-14,18H,8-9,11-12,15-17H2. The third-order valence-electron chi connectivity index (χ3n) is 7.75. The van der Waals surface area contributed by atoms with Gasteiger partial charge in [-0.25, -0.2) is 13.7 Å². The van der Waals surface area contributed by atoms with Crippen LogP contribution in [0.1, 0.15) is 35.2 Å². The molecule has 0 amide bonds. The molecule has 0 atom stereocenters. The van der Waals surface area contributed by atoms with Crippen LogP contribution in [0.25, 0.3) is 10.9 Å². The number of halogens is 2. The number of fused-ring (bicyclic) bond motifs is 5. The SMILES string of the molecule is Fc1ccc2nc(CN3CCC4(C=Nc5ccc6c(c54)CN(Cc4ccnc(Cl)c4)S6)CC3)ccc2c1. The lowest BCUT2D eigenvalue weighted by Gasteiger charge is -2.39. The zero-order valence-electron chi connectivity index (χ0n) is 20.2. The van der Waals surface area contributed by atoms with E-state index in [1.165, 1.54) is 33.7 Å². The van der Waals surface area contributed by atoms with E-state index in [1.807, 2.05) is 36.2 Å². The number of likely N-dealkylation sites (tertiary alicyclic amines) is 1. The van der Waals surface area contributed by atoms with Crippen molar-refractivity contribution < 1.29 is 4.39 Å². The Bertz CT molecular complexity index is 1550. The highest BCUT2D eigenvalue weighted by Crippen LogP contribution is 2.51. The molecule has 2 aromatic heterocycles. The molecule has 0 aliphatic carbocycles. The highest BCUT2D eigenvalue weighted by molar-refractivity contribution is 7.97. The maximum atomic E-state index is 13.5. The minimum atomic E-state index is -0.225. The van der Waals surface area contributed by atoms with E-state index in [0.29, 0.717) is 5.15 Å². The lowest BCUT2D eigenvalue weighted by molar-refractivity contribution is 0.185. The fourth-order valence-corrected chi connectivity index (χ4v) is 7.19. The Morgan fingerprint density at radius 2 is 1.89 bits per heavy atom. The van der Waals surface area contributed by atoms with Crippen molar-refractivity contribution >= 4 is 46.4 Å². The average Bonchev–Trinajstić information content (AvgIpc) is 3.46. The average molecular weight is 530 g/mol. The zero-order valence-corrected chi connectivity index (χ0v) is 21.8. The molecule has 0 N–H and O–H groups in total. The van der Waals surface area contributed by atoms with E-state index in [0.717, 1.165) is 67.8 Å². The van der Waals surface area contributed by atoms with Gasteiger partial charge in [-0.2, -0.15) is 0 Å². The second kappa shape index (κ2) is 9.17. The van der Waals surface area contributed by atoms with E-state index >= 15 is 0 Å². The van der Waals surface area contributed by atoms with Gasteiger partial charge < -0.3 is 0 Å². The number of rotatable bonds is 4. The summed E-state index contributed by atoms with van der Waals surface area (Å²) in [5, 5.41) is 1.37. The van der Waals surface area contributed by atoms with Crippen LogP contribution in [0.15, 0.2) is 70.7 Å².